The second-order valence-electron chi connectivity index (χ2n) is 3.91. The van der Waals surface area contributed by atoms with Gasteiger partial charge in [0.15, 0.2) is 10.8 Å². The number of imidazole rings is 1. The van der Waals surface area contributed by atoms with Crippen molar-refractivity contribution in [3.8, 4) is 0 Å². The van der Waals surface area contributed by atoms with E-state index in [0.717, 1.165) is 0 Å². The number of nitrogens with one attached hydrogen (secondary N) is 2. The number of anilines is 1. The SMILES string of the molecule is CCOCCCNS(=O)(=O)c1c(NN)nc2sccn12. The number of hydrazine groups is 1. The lowest BCUT2D eigenvalue weighted by molar-refractivity contribution is 0.146. The van der Waals surface area contributed by atoms with E-state index in [9.17, 15) is 8.42 Å². The summed E-state index contributed by atoms with van der Waals surface area (Å²) in [5, 5.41) is 1.78. The number of ether oxygens (including phenoxy) is 1. The highest BCUT2D eigenvalue weighted by atomic mass is 32.2. The molecule has 0 saturated heterocycles. The second kappa shape index (κ2) is 6.50. The first-order chi connectivity index (χ1) is 9.60. The Labute approximate surface area is 121 Å². The molecular formula is C10H17N5O3S2. The van der Waals surface area contributed by atoms with Crippen LogP contribution < -0.4 is 16.0 Å². The zero-order valence-corrected chi connectivity index (χ0v) is 12.6. The average molecular weight is 319 g/mol. The monoisotopic (exact) mass is 319 g/mol. The van der Waals surface area contributed by atoms with Gasteiger partial charge in [0.25, 0.3) is 10.0 Å². The quantitative estimate of drug-likeness (QED) is 0.369. The normalized spacial score (nSPS) is 12.1. The third-order valence-electron chi connectivity index (χ3n) is 2.57. The molecule has 20 heavy (non-hydrogen) atoms. The van der Waals surface area contributed by atoms with Gasteiger partial charge >= 0.3 is 0 Å². The summed E-state index contributed by atoms with van der Waals surface area (Å²) in [7, 11) is -3.68. The van der Waals surface area contributed by atoms with Gasteiger partial charge in [-0.25, -0.2) is 19.0 Å². The molecule has 8 nitrogen and oxygen atoms in total. The van der Waals surface area contributed by atoms with Gasteiger partial charge in [-0.05, 0) is 13.3 Å². The number of hydrogen-bond donors (Lipinski definition) is 3. The molecule has 2 heterocycles. The van der Waals surface area contributed by atoms with Crippen molar-refractivity contribution < 1.29 is 13.2 Å². The van der Waals surface area contributed by atoms with Gasteiger partial charge in [0.05, 0.1) is 0 Å². The Morgan fingerprint density at radius 2 is 2.35 bits per heavy atom. The predicted molar refractivity (Wildman–Crippen MR) is 77.2 cm³/mol. The molecule has 0 atom stereocenters. The van der Waals surface area contributed by atoms with Gasteiger partial charge in [-0.2, -0.15) is 4.98 Å². The lowest BCUT2D eigenvalue weighted by atomic mass is 10.5. The van der Waals surface area contributed by atoms with E-state index in [2.05, 4.69) is 15.1 Å². The highest BCUT2D eigenvalue weighted by molar-refractivity contribution is 7.89. The maximum atomic E-state index is 12.3. The minimum Gasteiger partial charge on any atom is -0.382 e. The number of thiazole rings is 1. The summed E-state index contributed by atoms with van der Waals surface area (Å²) in [6, 6.07) is 0. The summed E-state index contributed by atoms with van der Waals surface area (Å²) < 4.78 is 33.8. The van der Waals surface area contributed by atoms with E-state index in [0.29, 0.717) is 31.1 Å². The molecule has 2 aromatic rings. The van der Waals surface area contributed by atoms with E-state index in [1.54, 1.807) is 11.6 Å². The Balaban J connectivity index is 2.16. The number of nitrogens with two attached hydrogens (primary N) is 1. The van der Waals surface area contributed by atoms with Crippen LogP contribution in [0.4, 0.5) is 5.82 Å². The van der Waals surface area contributed by atoms with Crippen LogP contribution in [0.3, 0.4) is 0 Å². The fourth-order valence-electron chi connectivity index (χ4n) is 1.71. The molecule has 0 aliphatic carbocycles. The fraction of sp³-hybridized carbons (Fsp3) is 0.500. The molecule has 0 aromatic carbocycles. The minimum atomic E-state index is -3.68. The topological polar surface area (TPSA) is 111 Å². The van der Waals surface area contributed by atoms with Crippen molar-refractivity contribution in [2.24, 2.45) is 5.84 Å². The van der Waals surface area contributed by atoms with Gasteiger partial charge in [-0.1, -0.05) is 0 Å². The zero-order valence-electron chi connectivity index (χ0n) is 11.0. The largest absolute Gasteiger partial charge is 0.382 e. The molecule has 0 spiro atoms. The second-order valence-corrected chi connectivity index (χ2v) is 6.47. The number of aromatic nitrogens is 2. The summed E-state index contributed by atoms with van der Waals surface area (Å²) in [4.78, 5) is 4.68. The Morgan fingerprint density at radius 3 is 3.05 bits per heavy atom. The summed E-state index contributed by atoms with van der Waals surface area (Å²) in [5.41, 5.74) is 2.32. The Bertz CT molecular complexity index is 664. The van der Waals surface area contributed by atoms with Crippen molar-refractivity contribution >= 4 is 32.1 Å². The molecule has 0 unspecified atom stereocenters. The van der Waals surface area contributed by atoms with Crippen molar-refractivity contribution in [1.82, 2.24) is 14.1 Å². The maximum Gasteiger partial charge on any atom is 0.260 e. The number of fused-ring (bicyclic) bond motifs is 1. The van der Waals surface area contributed by atoms with Crippen LogP contribution in [0.25, 0.3) is 4.96 Å². The molecule has 0 bridgehead atoms. The molecule has 0 fully saturated rings. The smallest absolute Gasteiger partial charge is 0.260 e. The highest BCUT2D eigenvalue weighted by Crippen LogP contribution is 2.24. The number of rotatable bonds is 8. The van der Waals surface area contributed by atoms with E-state index >= 15 is 0 Å². The fourth-order valence-corrected chi connectivity index (χ4v) is 3.80. The lowest BCUT2D eigenvalue weighted by Gasteiger charge is -2.07. The molecule has 0 amide bonds. The number of sulfonamides is 1. The van der Waals surface area contributed by atoms with Crippen LogP contribution in [0, 0.1) is 0 Å². The van der Waals surface area contributed by atoms with Crippen LogP contribution in [-0.2, 0) is 14.8 Å². The number of hydrogen-bond acceptors (Lipinski definition) is 7. The van der Waals surface area contributed by atoms with E-state index in [1.165, 1.54) is 15.7 Å². The van der Waals surface area contributed by atoms with Gasteiger partial charge in [-0.3, -0.25) is 4.40 Å². The van der Waals surface area contributed by atoms with E-state index in [4.69, 9.17) is 10.6 Å². The average Bonchev–Trinajstić information content (AvgIpc) is 2.97. The minimum absolute atomic E-state index is 0.0210. The van der Waals surface area contributed by atoms with E-state index in [1.807, 2.05) is 6.92 Å². The molecule has 0 saturated carbocycles. The number of nitrogens with zero attached hydrogens (tertiary/aromatic N) is 2. The zero-order chi connectivity index (χ0) is 14.6. The van der Waals surface area contributed by atoms with Gasteiger partial charge in [-0.15, -0.1) is 11.3 Å². The van der Waals surface area contributed by atoms with Crippen molar-refractivity contribution in [2.75, 3.05) is 25.2 Å². The van der Waals surface area contributed by atoms with Crippen LogP contribution in [0.1, 0.15) is 13.3 Å². The summed E-state index contributed by atoms with van der Waals surface area (Å²) in [6.07, 6.45) is 2.24. The molecule has 0 aliphatic rings. The third kappa shape index (κ3) is 3.10. The Hall–Kier alpha value is -1.20. The van der Waals surface area contributed by atoms with Crippen LogP contribution in [0.15, 0.2) is 16.6 Å². The summed E-state index contributed by atoms with van der Waals surface area (Å²) in [5.74, 6) is 5.46. The molecule has 4 N–H and O–H groups in total. The van der Waals surface area contributed by atoms with E-state index in [-0.39, 0.29) is 10.8 Å². The maximum absolute atomic E-state index is 12.3. The summed E-state index contributed by atoms with van der Waals surface area (Å²) >= 11 is 1.33. The molecule has 10 heteroatoms. The first-order valence-electron chi connectivity index (χ1n) is 6.09. The van der Waals surface area contributed by atoms with Crippen LogP contribution >= 0.6 is 11.3 Å². The first-order valence-corrected chi connectivity index (χ1v) is 8.46. The standard InChI is InChI=1S/C10H17N5O3S2/c1-2-18-6-3-4-12-20(16,17)9-8(14-11)13-10-15(9)5-7-19-10/h5,7,12,14H,2-4,6,11H2,1H3. The van der Waals surface area contributed by atoms with Crippen LogP contribution in [0.2, 0.25) is 0 Å². The molecule has 0 aliphatic heterocycles. The highest BCUT2D eigenvalue weighted by Gasteiger charge is 2.25. The lowest BCUT2D eigenvalue weighted by Crippen LogP contribution is -2.28. The predicted octanol–water partition coefficient (Wildman–Crippen LogP) is 0.386. The molecule has 0 radical (unpaired) electrons. The Kier molecular flexibility index (Phi) is 4.94. The van der Waals surface area contributed by atoms with Gasteiger partial charge in [0.2, 0.25) is 5.03 Å². The summed E-state index contributed by atoms with van der Waals surface area (Å²) in [6.45, 7) is 3.32. The van der Waals surface area contributed by atoms with Crippen molar-refractivity contribution in [3.63, 3.8) is 0 Å². The number of nitrogen functional groups attached to an aromatic ring is 1. The third-order valence-corrected chi connectivity index (χ3v) is 4.81. The van der Waals surface area contributed by atoms with Crippen molar-refractivity contribution in [1.29, 1.82) is 0 Å². The Morgan fingerprint density at radius 1 is 1.55 bits per heavy atom. The molecule has 2 rings (SSSR count). The molecule has 2 aromatic heterocycles. The van der Waals surface area contributed by atoms with E-state index < -0.39 is 10.0 Å². The van der Waals surface area contributed by atoms with Crippen molar-refractivity contribution in [3.05, 3.63) is 11.6 Å². The first kappa shape index (κ1) is 15.2. The van der Waals surface area contributed by atoms with Crippen molar-refractivity contribution in [2.45, 2.75) is 18.4 Å². The van der Waals surface area contributed by atoms with Gasteiger partial charge < -0.3 is 10.2 Å². The van der Waals surface area contributed by atoms with Crippen LogP contribution in [0.5, 0.6) is 0 Å². The van der Waals surface area contributed by atoms with Gasteiger partial charge in [0, 0.05) is 31.3 Å². The van der Waals surface area contributed by atoms with Gasteiger partial charge in [0.1, 0.15) is 0 Å². The molecular weight excluding hydrogens is 302 g/mol. The van der Waals surface area contributed by atoms with Crippen LogP contribution in [-0.4, -0.2) is 37.6 Å². The molecule has 112 valence electrons.